The van der Waals surface area contributed by atoms with Crippen molar-refractivity contribution >= 4 is 0 Å². The number of aliphatic hydroxyl groups excluding tert-OH is 12. The van der Waals surface area contributed by atoms with E-state index in [0.717, 1.165) is 55.5 Å². The van der Waals surface area contributed by atoms with E-state index < -0.39 is 143 Å². The van der Waals surface area contributed by atoms with E-state index in [1.165, 1.54) is 51.5 Å². The van der Waals surface area contributed by atoms with Crippen LogP contribution in [0.25, 0.3) is 0 Å². The Bertz CT molecular complexity index is 1770. The van der Waals surface area contributed by atoms with Crippen LogP contribution in [0.2, 0.25) is 0 Å². The Morgan fingerprint density at radius 2 is 1.03 bits per heavy atom. The first-order chi connectivity index (χ1) is 33.4. The van der Waals surface area contributed by atoms with E-state index in [-0.39, 0.29) is 11.5 Å². The molecule has 30 atom stereocenters. The van der Waals surface area contributed by atoms with Crippen LogP contribution in [0.3, 0.4) is 0 Å². The van der Waals surface area contributed by atoms with Crippen LogP contribution in [0.15, 0.2) is 0 Å². The summed E-state index contributed by atoms with van der Waals surface area (Å²) in [5.41, 5.74) is 0.554. The molecule has 0 bridgehead atoms. The second-order valence-electron chi connectivity index (χ2n) is 23.5. The third-order valence-electron chi connectivity index (χ3n) is 20.0. The van der Waals surface area contributed by atoms with E-state index in [9.17, 15) is 61.3 Å². The Labute approximate surface area is 408 Å². The van der Waals surface area contributed by atoms with Gasteiger partial charge in [-0.15, -0.1) is 0 Å². The first-order valence-electron chi connectivity index (χ1n) is 26.3. The largest absolute Gasteiger partial charge is 0.394 e. The first kappa shape index (κ1) is 52.6. The number of hydrogen-bond acceptors (Lipinski definition) is 21. The van der Waals surface area contributed by atoms with Crippen LogP contribution in [0.5, 0.6) is 0 Å². The summed E-state index contributed by atoms with van der Waals surface area (Å²) in [6, 6.07) is 1.49. The number of ether oxygens (including phenoxy) is 8. The molecule has 12 N–H and O–H groups in total. The van der Waals surface area contributed by atoms with Gasteiger partial charge in [-0.05, 0) is 117 Å². The Morgan fingerprint density at radius 1 is 0.471 bits per heavy atom. The minimum absolute atomic E-state index is 0.153. The normalized spacial score (nSPS) is 57.0. The van der Waals surface area contributed by atoms with Crippen LogP contribution >= 0.6 is 0 Å². The molecule has 0 amide bonds. The maximum Gasteiger partial charge on any atom is 0.187 e. The highest BCUT2D eigenvalue weighted by atomic mass is 16.8. The number of piperidine rings is 1. The molecule has 10 fully saturated rings. The summed E-state index contributed by atoms with van der Waals surface area (Å²) in [7, 11) is 0. The van der Waals surface area contributed by atoms with Gasteiger partial charge in [0.1, 0.15) is 91.6 Å². The number of fused-ring (bicyclic) bond motifs is 9. The van der Waals surface area contributed by atoms with Gasteiger partial charge in [-0.1, -0.05) is 20.8 Å². The summed E-state index contributed by atoms with van der Waals surface area (Å²) < 4.78 is 48.0. The topological polar surface area (TPSA) is 320 Å². The van der Waals surface area contributed by atoms with Gasteiger partial charge in [-0.2, -0.15) is 0 Å². The summed E-state index contributed by atoms with van der Waals surface area (Å²) >= 11 is 0. The van der Waals surface area contributed by atoms with E-state index >= 15 is 0 Å². The molecular weight excluding hydrogens is 923 g/mol. The van der Waals surface area contributed by atoms with Crippen LogP contribution in [0.1, 0.15) is 91.4 Å². The molecule has 21 heteroatoms. The molecule has 0 spiro atoms. The van der Waals surface area contributed by atoms with Gasteiger partial charge in [0.2, 0.25) is 0 Å². The molecule has 0 aromatic heterocycles. The molecule has 10 rings (SSSR count). The zero-order valence-electron chi connectivity index (χ0n) is 40.6. The van der Waals surface area contributed by atoms with Gasteiger partial charge in [0.15, 0.2) is 25.2 Å². The number of aliphatic hydroxyl groups is 12. The maximum absolute atomic E-state index is 11.8. The van der Waals surface area contributed by atoms with Crippen molar-refractivity contribution < 1.29 is 99.2 Å². The van der Waals surface area contributed by atoms with Crippen LogP contribution in [-0.4, -0.2) is 234 Å². The molecule has 6 aliphatic heterocycles. The third kappa shape index (κ3) is 8.96. The van der Waals surface area contributed by atoms with Crippen molar-refractivity contribution in [1.82, 2.24) is 4.90 Å². The Hall–Kier alpha value is -0.840. The average molecular weight is 1000 g/mol. The third-order valence-corrected chi connectivity index (χ3v) is 20.0. The van der Waals surface area contributed by atoms with E-state index in [1.54, 1.807) is 0 Å². The Balaban J connectivity index is 0.819. The number of rotatable bonds is 12. The van der Waals surface area contributed by atoms with Crippen LogP contribution in [0.4, 0.5) is 0 Å². The van der Waals surface area contributed by atoms with E-state index in [0.29, 0.717) is 23.2 Å². The summed E-state index contributed by atoms with van der Waals surface area (Å²) in [6.45, 7) is 5.65. The second-order valence-corrected chi connectivity index (χ2v) is 23.5. The molecule has 4 saturated carbocycles. The van der Waals surface area contributed by atoms with Crippen molar-refractivity contribution in [2.45, 2.75) is 226 Å². The zero-order chi connectivity index (χ0) is 49.7. The quantitative estimate of drug-likeness (QED) is 0.0894. The summed E-state index contributed by atoms with van der Waals surface area (Å²) in [4.78, 5) is 2.93. The number of hydrogen-bond donors (Lipinski definition) is 12. The van der Waals surface area contributed by atoms with Crippen molar-refractivity contribution in [3.8, 4) is 0 Å². The fourth-order valence-electron chi connectivity index (χ4n) is 16.0. The van der Waals surface area contributed by atoms with Gasteiger partial charge < -0.3 is 99.2 Å². The first-order valence-corrected chi connectivity index (χ1v) is 26.3. The van der Waals surface area contributed by atoms with Crippen molar-refractivity contribution in [1.29, 1.82) is 0 Å². The fraction of sp³-hybridized carbons (Fsp3) is 1.00. The van der Waals surface area contributed by atoms with Gasteiger partial charge in [0.05, 0.1) is 32.5 Å². The fourth-order valence-corrected chi connectivity index (χ4v) is 16.0. The lowest BCUT2D eigenvalue weighted by Crippen LogP contribution is -2.68. The van der Waals surface area contributed by atoms with E-state index in [1.807, 2.05) is 0 Å². The highest BCUT2D eigenvalue weighted by Gasteiger charge is 2.66. The maximum atomic E-state index is 11.8. The highest BCUT2D eigenvalue weighted by Crippen LogP contribution is 2.70. The smallest absolute Gasteiger partial charge is 0.187 e. The second kappa shape index (κ2) is 20.6. The molecular formula is C49H81NO20. The Kier molecular flexibility index (Phi) is 15.5. The predicted octanol–water partition coefficient (Wildman–Crippen LogP) is -2.58. The molecule has 0 radical (unpaired) electrons. The molecule has 21 nitrogen and oxygen atoms in total. The van der Waals surface area contributed by atoms with Gasteiger partial charge in [-0.3, -0.25) is 4.90 Å². The SMILES string of the molecule is CC1CCC2CC3C(CC4C5CCC6CC(OC7OC(CO)C(OC8OC(CO)C(O)C(OC9OC(CO)C(O)C9O)C8OC8OC(CO)C(O)C(O)C8O)C(O)C7O)CCC6(C)C5CCC43C)N2C1. The van der Waals surface area contributed by atoms with Gasteiger partial charge in [0, 0.05) is 18.6 Å². The minimum atomic E-state index is -1.99. The van der Waals surface area contributed by atoms with E-state index in [2.05, 4.69) is 25.7 Å². The number of nitrogens with zero attached hydrogens (tertiary/aromatic N) is 1. The summed E-state index contributed by atoms with van der Waals surface area (Å²) in [5.74, 6) is 4.09. The Morgan fingerprint density at radius 3 is 1.71 bits per heavy atom. The lowest BCUT2D eigenvalue weighted by Gasteiger charge is -2.61. The zero-order valence-corrected chi connectivity index (χ0v) is 40.6. The molecule has 6 heterocycles. The molecule has 30 unspecified atom stereocenters. The standard InChI is InChI=1S/C49H81NO20/c1-20-4-6-22-13-27-28(50(22)15-20)14-26-24-7-5-21-12-23(8-10-48(21,2)25(24)9-11-49(26,27)3)63-44-40(62)37(59)41(32(19-54)67-44)68-47-43(70-46-39(61)36(58)33(55)29(16-51)64-46)42(35(57)31(18-53)66-47)69-45-38(60)34(56)30(17-52)65-45/h20-47,51-62H,4-19H2,1-3H3. The molecule has 0 aromatic rings. The summed E-state index contributed by atoms with van der Waals surface area (Å²) in [5, 5.41) is 129. The molecule has 402 valence electrons. The van der Waals surface area contributed by atoms with Crippen LogP contribution in [0, 0.1) is 46.3 Å². The molecule has 0 aromatic carbocycles. The van der Waals surface area contributed by atoms with Crippen LogP contribution < -0.4 is 0 Å². The van der Waals surface area contributed by atoms with Gasteiger partial charge in [0.25, 0.3) is 0 Å². The lowest BCUT2D eigenvalue weighted by molar-refractivity contribution is -0.399. The highest BCUT2D eigenvalue weighted by molar-refractivity contribution is 5.16. The molecule has 70 heavy (non-hydrogen) atoms. The monoisotopic (exact) mass is 1000 g/mol. The van der Waals surface area contributed by atoms with Crippen molar-refractivity contribution in [2.24, 2.45) is 46.3 Å². The van der Waals surface area contributed by atoms with Crippen molar-refractivity contribution in [3.63, 3.8) is 0 Å². The van der Waals surface area contributed by atoms with Crippen molar-refractivity contribution in [3.05, 3.63) is 0 Å². The van der Waals surface area contributed by atoms with Gasteiger partial charge >= 0.3 is 0 Å². The van der Waals surface area contributed by atoms with Gasteiger partial charge in [-0.25, -0.2) is 0 Å². The van der Waals surface area contributed by atoms with E-state index in [4.69, 9.17) is 37.9 Å². The molecule has 4 aliphatic carbocycles. The van der Waals surface area contributed by atoms with Crippen LogP contribution in [-0.2, 0) is 37.9 Å². The average Bonchev–Trinajstić information content (AvgIpc) is 3.96. The predicted molar refractivity (Wildman–Crippen MR) is 238 cm³/mol. The molecule has 6 saturated heterocycles. The summed E-state index contributed by atoms with van der Waals surface area (Å²) in [6.07, 6.45) is -19.8. The lowest BCUT2D eigenvalue weighted by atomic mass is 9.44. The minimum Gasteiger partial charge on any atom is -0.394 e. The molecule has 10 aliphatic rings. The van der Waals surface area contributed by atoms with Crippen molar-refractivity contribution in [2.75, 3.05) is 33.0 Å².